The Bertz CT molecular complexity index is 226. The zero-order valence-corrected chi connectivity index (χ0v) is 6.66. The van der Waals surface area contributed by atoms with Crippen LogP contribution in [0.1, 0.15) is 18.4 Å². The summed E-state index contributed by atoms with van der Waals surface area (Å²) in [5, 5.41) is 0. The smallest absolute Gasteiger partial charge is 0.0875 e. The van der Waals surface area contributed by atoms with Gasteiger partial charge in [0.15, 0.2) is 0 Å². The largest absolute Gasteiger partial charge is 0.372 e. The molecule has 1 heterocycles. The van der Waals surface area contributed by atoms with Gasteiger partial charge in [0, 0.05) is 5.92 Å². The molecule has 0 spiro atoms. The van der Waals surface area contributed by atoms with Gasteiger partial charge in [-0.3, -0.25) is 0 Å². The molecule has 1 saturated heterocycles. The molecule has 0 unspecified atom stereocenters. The highest BCUT2D eigenvalue weighted by molar-refractivity contribution is 5.20. The van der Waals surface area contributed by atoms with Crippen molar-refractivity contribution < 1.29 is 4.74 Å². The molecule has 1 heteroatoms. The number of benzene rings is 1. The molecule has 1 aromatic carbocycles. The number of rotatable bonds is 2. The molecule has 0 saturated carbocycles. The molecular weight excluding hydrogens is 136 g/mol. The second-order valence-corrected chi connectivity index (χ2v) is 3.07. The maximum absolute atomic E-state index is 5.22. The summed E-state index contributed by atoms with van der Waals surface area (Å²) >= 11 is 0. The summed E-state index contributed by atoms with van der Waals surface area (Å²) in [6.07, 6.45) is 0.484. The summed E-state index contributed by atoms with van der Waals surface area (Å²) in [6, 6.07) is 10.5. The van der Waals surface area contributed by atoms with Crippen LogP contribution in [0.25, 0.3) is 0 Å². The van der Waals surface area contributed by atoms with E-state index in [1.165, 1.54) is 5.56 Å². The van der Waals surface area contributed by atoms with Gasteiger partial charge in [-0.2, -0.15) is 0 Å². The highest BCUT2D eigenvalue weighted by atomic mass is 16.6. The van der Waals surface area contributed by atoms with Crippen LogP contribution in [0.15, 0.2) is 30.3 Å². The van der Waals surface area contributed by atoms with Crippen molar-refractivity contribution in [1.29, 1.82) is 0 Å². The van der Waals surface area contributed by atoms with Crippen LogP contribution in [-0.2, 0) is 4.74 Å². The standard InChI is InChI=1S/C10H12O/c1-8(10-7-11-10)9-5-3-2-4-6-9/h2-6,8,10H,7H2,1H3/t8-,10-/m0/s1. The van der Waals surface area contributed by atoms with Crippen LogP contribution >= 0.6 is 0 Å². The van der Waals surface area contributed by atoms with Crippen molar-refractivity contribution in [1.82, 2.24) is 0 Å². The third-order valence-electron chi connectivity index (χ3n) is 2.24. The minimum absolute atomic E-state index is 0.484. The van der Waals surface area contributed by atoms with Crippen LogP contribution in [0, 0.1) is 0 Å². The van der Waals surface area contributed by atoms with E-state index in [0.717, 1.165) is 6.61 Å². The van der Waals surface area contributed by atoms with E-state index in [1.807, 2.05) is 6.07 Å². The summed E-state index contributed by atoms with van der Waals surface area (Å²) in [5.41, 5.74) is 1.38. The SMILES string of the molecule is C[C@@H](c1ccccc1)[C@@H]1CO1. The Morgan fingerprint density at radius 1 is 1.36 bits per heavy atom. The third kappa shape index (κ3) is 1.43. The van der Waals surface area contributed by atoms with Crippen LogP contribution in [0.3, 0.4) is 0 Å². The minimum Gasteiger partial charge on any atom is -0.372 e. The van der Waals surface area contributed by atoms with E-state index < -0.39 is 0 Å². The number of ether oxygens (including phenoxy) is 1. The maximum Gasteiger partial charge on any atom is 0.0875 e. The van der Waals surface area contributed by atoms with E-state index in [0.29, 0.717) is 12.0 Å². The van der Waals surface area contributed by atoms with Crippen molar-refractivity contribution in [3.63, 3.8) is 0 Å². The lowest BCUT2D eigenvalue weighted by Crippen LogP contribution is -2.00. The monoisotopic (exact) mass is 148 g/mol. The van der Waals surface area contributed by atoms with Crippen molar-refractivity contribution >= 4 is 0 Å². The first-order valence-corrected chi connectivity index (χ1v) is 4.04. The first-order chi connectivity index (χ1) is 5.38. The van der Waals surface area contributed by atoms with E-state index in [9.17, 15) is 0 Å². The van der Waals surface area contributed by atoms with Crippen molar-refractivity contribution in [2.45, 2.75) is 18.9 Å². The van der Waals surface area contributed by atoms with Crippen molar-refractivity contribution in [2.75, 3.05) is 6.61 Å². The van der Waals surface area contributed by atoms with Gasteiger partial charge in [0.2, 0.25) is 0 Å². The van der Waals surface area contributed by atoms with Gasteiger partial charge >= 0.3 is 0 Å². The number of hydrogen-bond acceptors (Lipinski definition) is 1. The quantitative estimate of drug-likeness (QED) is 0.586. The zero-order valence-electron chi connectivity index (χ0n) is 6.66. The molecule has 1 aromatic rings. The molecule has 0 aliphatic carbocycles. The molecule has 1 aliphatic heterocycles. The van der Waals surface area contributed by atoms with Gasteiger partial charge in [-0.15, -0.1) is 0 Å². The van der Waals surface area contributed by atoms with Gasteiger partial charge in [-0.1, -0.05) is 37.3 Å². The lowest BCUT2D eigenvalue weighted by atomic mass is 9.99. The van der Waals surface area contributed by atoms with Crippen LogP contribution in [-0.4, -0.2) is 12.7 Å². The van der Waals surface area contributed by atoms with Crippen LogP contribution in [0.4, 0.5) is 0 Å². The zero-order chi connectivity index (χ0) is 7.68. The van der Waals surface area contributed by atoms with Gasteiger partial charge in [-0.05, 0) is 5.56 Å². The molecule has 58 valence electrons. The van der Waals surface area contributed by atoms with Gasteiger partial charge in [-0.25, -0.2) is 0 Å². The highest BCUT2D eigenvalue weighted by Gasteiger charge is 2.29. The summed E-state index contributed by atoms with van der Waals surface area (Å²) in [7, 11) is 0. The molecule has 11 heavy (non-hydrogen) atoms. The molecule has 1 aliphatic rings. The van der Waals surface area contributed by atoms with Crippen molar-refractivity contribution in [2.24, 2.45) is 0 Å². The van der Waals surface area contributed by atoms with Gasteiger partial charge < -0.3 is 4.74 Å². The Balaban J connectivity index is 2.15. The number of hydrogen-bond donors (Lipinski definition) is 0. The van der Waals surface area contributed by atoms with E-state index in [-0.39, 0.29) is 0 Å². The van der Waals surface area contributed by atoms with Crippen LogP contribution in [0.2, 0.25) is 0 Å². The topological polar surface area (TPSA) is 12.5 Å². The molecule has 1 nitrogen and oxygen atoms in total. The second kappa shape index (κ2) is 2.67. The average molecular weight is 148 g/mol. The summed E-state index contributed by atoms with van der Waals surface area (Å²) in [6.45, 7) is 3.16. The van der Waals surface area contributed by atoms with E-state index in [4.69, 9.17) is 4.74 Å². The number of epoxide rings is 1. The lowest BCUT2D eigenvalue weighted by molar-refractivity contribution is 0.382. The van der Waals surface area contributed by atoms with E-state index in [1.54, 1.807) is 0 Å². The lowest BCUT2D eigenvalue weighted by Gasteiger charge is -2.06. The Morgan fingerprint density at radius 3 is 2.55 bits per heavy atom. The van der Waals surface area contributed by atoms with Crippen LogP contribution < -0.4 is 0 Å². The molecule has 0 amide bonds. The fourth-order valence-corrected chi connectivity index (χ4v) is 1.32. The normalized spacial score (nSPS) is 24.6. The van der Waals surface area contributed by atoms with Crippen molar-refractivity contribution in [3.05, 3.63) is 35.9 Å². The molecule has 2 rings (SSSR count). The predicted octanol–water partition coefficient (Wildman–Crippen LogP) is 2.19. The van der Waals surface area contributed by atoms with Crippen molar-refractivity contribution in [3.8, 4) is 0 Å². The molecule has 1 fully saturated rings. The molecule has 0 radical (unpaired) electrons. The highest BCUT2D eigenvalue weighted by Crippen LogP contribution is 2.28. The average Bonchev–Trinajstić information content (AvgIpc) is 2.87. The van der Waals surface area contributed by atoms with Gasteiger partial charge in [0.1, 0.15) is 0 Å². The minimum atomic E-state index is 0.484. The van der Waals surface area contributed by atoms with Gasteiger partial charge in [0.25, 0.3) is 0 Å². The third-order valence-corrected chi connectivity index (χ3v) is 2.24. The van der Waals surface area contributed by atoms with Gasteiger partial charge in [0.05, 0.1) is 12.7 Å². The summed E-state index contributed by atoms with van der Waals surface area (Å²) < 4.78 is 5.22. The van der Waals surface area contributed by atoms with E-state index in [2.05, 4.69) is 31.2 Å². The Labute approximate surface area is 67.0 Å². The first kappa shape index (κ1) is 6.86. The Kier molecular flexibility index (Phi) is 1.66. The fourth-order valence-electron chi connectivity index (χ4n) is 1.32. The summed E-state index contributed by atoms with van der Waals surface area (Å²) in [4.78, 5) is 0. The molecule has 0 bridgehead atoms. The maximum atomic E-state index is 5.22. The molecule has 0 N–H and O–H groups in total. The molecule has 2 atom stereocenters. The molecule has 0 aromatic heterocycles. The van der Waals surface area contributed by atoms with Crippen LogP contribution in [0.5, 0.6) is 0 Å². The van der Waals surface area contributed by atoms with E-state index >= 15 is 0 Å². The Morgan fingerprint density at radius 2 is 2.00 bits per heavy atom. The summed E-state index contributed by atoms with van der Waals surface area (Å²) in [5.74, 6) is 0.566. The first-order valence-electron chi connectivity index (χ1n) is 4.04. The fraction of sp³-hybridized carbons (Fsp3) is 0.400. The molecular formula is C10H12O. The predicted molar refractivity (Wildman–Crippen MR) is 44.6 cm³/mol. The Hall–Kier alpha value is -0.820. The second-order valence-electron chi connectivity index (χ2n) is 3.07.